The Kier molecular flexibility index (Phi) is 4.55. The van der Waals surface area contributed by atoms with Crippen molar-refractivity contribution in [3.63, 3.8) is 0 Å². The highest BCUT2D eigenvalue weighted by atomic mass is 79.9. The Morgan fingerprint density at radius 1 is 1.62 bits per heavy atom. The lowest BCUT2D eigenvalue weighted by Gasteiger charge is -2.06. The molecule has 0 bridgehead atoms. The van der Waals surface area contributed by atoms with Gasteiger partial charge in [0.2, 0.25) is 6.20 Å². The van der Waals surface area contributed by atoms with Gasteiger partial charge in [-0.05, 0) is 18.2 Å². The van der Waals surface area contributed by atoms with Gasteiger partial charge in [-0.15, -0.1) is 6.42 Å². The van der Waals surface area contributed by atoms with Crippen LogP contribution in [0.4, 0.5) is 0 Å². The zero-order valence-electron chi connectivity index (χ0n) is 8.22. The van der Waals surface area contributed by atoms with Crippen molar-refractivity contribution in [2.24, 2.45) is 0 Å². The Labute approximate surface area is 101 Å². The number of ether oxygens (including phenoxy) is 1. The molecule has 0 aliphatic rings. The number of hydrogen-bond acceptors (Lipinski definition) is 3. The molecule has 0 aromatic heterocycles. The molecule has 0 amide bonds. The Morgan fingerprint density at radius 3 is 3.00 bits per heavy atom. The molecule has 5 heteroatoms. The molecule has 0 atom stereocenters. The van der Waals surface area contributed by atoms with E-state index in [0.29, 0.717) is 11.3 Å². The van der Waals surface area contributed by atoms with Gasteiger partial charge in [0.25, 0.3) is 0 Å². The van der Waals surface area contributed by atoms with Crippen molar-refractivity contribution in [3.8, 4) is 18.1 Å². The Balaban J connectivity index is 2.99. The summed E-state index contributed by atoms with van der Waals surface area (Å²) < 4.78 is 6.05. The average Bonchev–Trinajstić information content (AvgIpc) is 2.25. The predicted octanol–water partition coefficient (Wildman–Crippen LogP) is 2.71. The highest BCUT2D eigenvalue weighted by molar-refractivity contribution is 9.10. The molecule has 0 aliphatic heterocycles. The molecule has 0 saturated carbocycles. The minimum Gasteiger partial charge on any atom is -0.480 e. The SMILES string of the molecule is C#CCOc1ccc(Br)cc1C=C[N+](=O)[O-]. The number of terminal acetylenes is 1. The van der Waals surface area contributed by atoms with Crippen molar-refractivity contribution < 1.29 is 9.66 Å². The van der Waals surface area contributed by atoms with Gasteiger partial charge >= 0.3 is 0 Å². The fourth-order valence-electron chi connectivity index (χ4n) is 1.04. The average molecular weight is 282 g/mol. The Hall–Kier alpha value is -1.80. The maximum atomic E-state index is 10.2. The number of hydrogen-bond donors (Lipinski definition) is 0. The lowest BCUT2D eigenvalue weighted by Crippen LogP contribution is -1.95. The largest absolute Gasteiger partial charge is 0.480 e. The van der Waals surface area contributed by atoms with Crippen LogP contribution in [0, 0.1) is 22.5 Å². The van der Waals surface area contributed by atoms with E-state index in [1.807, 2.05) is 0 Å². The van der Waals surface area contributed by atoms with E-state index < -0.39 is 4.92 Å². The summed E-state index contributed by atoms with van der Waals surface area (Å²) >= 11 is 3.27. The van der Waals surface area contributed by atoms with Crippen LogP contribution < -0.4 is 4.74 Å². The van der Waals surface area contributed by atoms with E-state index in [1.54, 1.807) is 18.2 Å². The molecular formula is C11H8BrNO3. The van der Waals surface area contributed by atoms with E-state index in [0.717, 1.165) is 10.7 Å². The van der Waals surface area contributed by atoms with Crippen LogP contribution in [0.3, 0.4) is 0 Å². The van der Waals surface area contributed by atoms with Crippen LogP contribution >= 0.6 is 15.9 Å². The summed E-state index contributed by atoms with van der Waals surface area (Å²) in [7, 11) is 0. The van der Waals surface area contributed by atoms with Crippen molar-refractivity contribution in [2.75, 3.05) is 6.61 Å². The number of nitro groups is 1. The van der Waals surface area contributed by atoms with Crippen LogP contribution in [0.2, 0.25) is 0 Å². The molecule has 16 heavy (non-hydrogen) atoms. The Morgan fingerprint density at radius 2 is 2.38 bits per heavy atom. The maximum absolute atomic E-state index is 10.2. The second-order valence-electron chi connectivity index (χ2n) is 2.78. The van der Waals surface area contributed by atoms with Crippen LogP contribution in [0.15, 0.2) is 28.9 Å². The molecule has 0 fully saturated rings. The van der Waals surface area contributed by atoms with Crippen LogP contribution in [0.5, 0.6) is 5.75 Å². The number of rotatable bonds is 4. The van der Waals surface area contributed by atoms with E-state index in [9.17, 15) is 10.1 Å². The van der Waals surface area contributed by atoms with Crippen molar-refractivity contribution in [2.45, 2.75) is 0 Å². The lowest BCUT2D eigenvalue weighted by molar-refractivity contribution is -0.400. The van der Waals surface area contributed by atoms with Crippen molar-refractivity contribution in [1.29, 1.82) is 0 Å². The minimum absolute atomic E-state index is 0.126. The molecule has 0 unspecified atom stereocenters. The second-order valence-corrected chi connectivity index (χ2v) is 3.69. The van der Waals surface area contributed by atoms with Gasteiger partial charge in [0, 0.05) is 16.1 Å². The molecular weight excluding hydrogens is 274 g/mol. The highest BCUT2D eigenvalue weighted by Gasteiger charge is 2.02. The molecule has 1 aromatic rings. The van der Waals surface area contributed by atoms with E-state index in [4.69, 9.17) is 11.2 Å². The normalized spacial score (nSPS) is 10.0. The van der Waals surface area contributed by atoms with Gasteiger partial charge in [-0.1, -0.05) is 21.9 Å². The predicted molar refractivity (Wildman–Crippen MR) is 64.5 cm³/mol. The van der Waals surface area contributed by atoms with Crippen LogP contribution in [0.1, 0.15) is 5.56 Å². The zero-order valence-corrected chi connectivity index (χ0v) is 9.81. The van der Waals surface area contributed by atoms with Gasteiger partial charge in [-0.2, -0.15) is 0 Å². The monoisotopic (exact) mass is 281 g/mol. The Bertz CT molecular complexity index is 463. The topological polar surface area (TPSA) is 52.4 Å². The minimum atomic E-state index is -0.536. The number of halogens is 1. The molecule has 0 aliphatic carbocycles. The maximum Gasteiger partial charge on any atom is 0.235 e. The third kappa shape index (κ3) is 3.75. The molecule has 1 rings (SSSR count). The first-order valence-corrected chi connectivity index (χ1v) is 5.10. The second kappa shape index (κ2) is 5.93. The lowest BCUT2D eigenvalue weighted by atomic mass is 10.2. The summed E-state index contributed by atoms with van der Waals surface area (Å²) in [6.45, 7) is 0.126. The van der Waals surface area contributed by atoms with E-state index in [2.05, 4.69) is 21.9 Å². The summed E-state index contributed by atoms with van der Waals surface area (Å²) in [5.41, 5.74) is 0.598. The summed E-state index contributed by atoms with van der Waals surface area (Å²) in [6.07, 6.45) is 7.28. The van der Waals surface area contributed by atoms with Crippen molar-refractivity contribution in [3.05, 3.63) is 44.5 Å². The first-order chi connectivity index (χ1) is 7.63. The first-order valence-electron chi connectivity index (χ1n) is 4.31. The molecule has 0 spiro atoms. The van der Waals surface area contributed by atoms with Crippen LogP contribution in [-0.2, 0) is 0 Å². The molecule has 82 valence electrons. The molecule has 0 N–H and O–H groups in total. The molecule has 0 radical (unpaired) electrons. The van der Waals surface area contributed by atoms with Crippen LogP contribution in [0.25, 0.3) is 6.08 Å². The van der Waals surface area contributed by atoms with Gasteiger partial charge in [0.1, 0.15) is 12.4 Å². The van der Waals surface area contributed by atoms with Gasteiger partial charge < -0.3 is 4.74 Å². The fraction of sp³-hybridized carbons (Fsp3) is 0.0909. The molecule has 4 nitrogen and oxygen atoms in total. The number of benzene rings is 1. The summed E-state index contributed by atoms with van der Waals surface area (Å²) in [5, 5.41) is 10.2. The van der Waals surface area contributed by atoms with Crippen molar-refractivity contribution >= 4 is 22.0 Å². The molecule has 0 heterocycles. The first kappa shape index (κ1) is 12.3. The summed E-state index contributed by atoms with van der Waals surface area (Å²) in [5.74, 6) is 2.84. The zero-order chi connectivity index (χ0) is 12.0. The third-order valence-corrected chi connectivity index (χ3v) is 2.15. The summed E-state index contributed by atoms with van der Waals surface area (Å²) in [6, 6.07) is 5.18. The fourth-order valence-corrected chi connectivity index (χ4v) is 1.42. The quantitative estimate of drug-likeness (QED) is 0.484. The van der Waals surface area contributed by atoms with Crippen molar-refractivity contribution in [1.82, 2.24) is 0 Å². The number of nitrogens with zero attached hydrogens (tertiary/aromatic N) is 1. The van der Waals surface area contributed by atoms with Gasteiger partial charge in [-0.25, -0.2) is 0 Å². The molecule has 1 aromatic carbocycles. The third-order valence-electron chi connectivity index (χ3n) is 1.66. The van der Waals surface area contributed by atoms with Gasteiger partial charge in [0.15, 0.2) is 0 Å². The molecule has 0 saturated heterocycles. The van der Waals surface area contributed by atoms with E-state index >= 15 is 0 Å². The van der Waals surface area contributed by atoms with Crippen LogP contribution in [-0.4, -0.2) is 11.5 Å². The van der Waals surface area contributed by atoms with Gasteiger partial charge in [0.05, 0.1) is 4.92 Å². The standard InChI is InChI=1S/C11H8BrNO3/c1-2-7-16-11-4-3-10(12)8-9(11)5-6-13(14)15/h1,3-6,8H,7H2. The van der Waals surface area contributed by atoms with E-state index in [-0.39, 0.29) is 6.61 Å². The van der Waals surface area contributed by atoms with E-state index in [1.165, 1.54) is 6.08 Å². The van der Waals surface area contributed by atoms with Gasteiger partial charge in [-0.3, -0.25) is 10.1 Å². The summed E-state index contributed by atoms with van der Waals surface area (Å²) in [4.78, 5) is 9.68. The highest BCUT2D eigenvalue weighted by Crippen LogP contribution is 2.24. The smallest absolute Gasteiger partial charge is 0.235 e.